The lowest BCUT2D eigenvalue weighted by atomic mass is 10.0. The van der Waals surface area contributed by atoms with Gasteiger partial charge in [-0.25, -0.2) is 0 Å². The number of carbonyl (C=O) groups excluding carboxylic acids is 1. The number of nitrogen functional groups attached to an aromatic ring is 1. The van der Waals surface area contributed by atoms with Crippen LogP contribution in [0.1, 0.15) is 20.8 Å². The molecule has 12 heteroatoms. The number of rotatable bonds is 5. The molecule has 0 radical (unpaired) electrons. The van der Waals surface area contributed by atoms with Crippen LogP contribution >= 0.6 is 24.8 Å². The van der Waals surface area contributed by atoms with Crippen LogP contribution in [-0.4, -0.2) is 51.9 Å². The maximum Gasteiger partial charge on any atom is 0.323 e. The number of H-pyrrole nitrogens is 1. The zero-order valence-corrected chi connectivity index (χ0v) is 16.3. The van der Waals surface area contributed by atoms with Crippen molar-refractivity contribution in [3.05, 3.63) is 10.4 Å². The minimum Gasteiger partial charge on any atom is -0.459 e. The standard InChI is InChI=1S/C14H24N6O4.2ClH/c1-5(2)8(15)13(23)24-6(3)10(21)7-4-17-11-9(18-7)12(22)20-14(16)19-11;;/h5-8,10,18,21H,4,15H2,1-3H3,(H4,16,17,19,20,22);2*1H. The number of nitrogens with one attached hydrogen (secondary N) is 3. The molecule has 1 aliphatic heterocycles. The maximum atomic E-state index is 11.9. The van der Waals surface area contributed by atoms with E-state index in [0.717, 1.165) is 0 Å². The topological polar surface area (TPSA) is 168 Å². The first kappa shape index (κ1) is 24.2. The molecule has 0 spiro atoms. The van der Waals surface area contributed by atoms with Gasteiger partial charge in [0.25, 0.3) is 5.56 Å². The number of carbonyl (C=O) groups is 1. The summed E-state index contributed by atoms with van der Waals surface area (Å²) in [6.07, 6.45) is -1.85. The van der Waals surface area contributed by atoms with Crippen molar-refractivity contribution >= 4 is 48.2 Å². The summed E-state index contributed by atoms with van der Waals surface area (Å²) in [6.45, 7) is 5.46. The Morgan fingerprint density at radius 2 is 1.96 bits per heavy atom. The number of aliphatic hydroxyl groups is 1. The van der Waals surface area contributed by atoms with E-state index in [4.69, 9.17) is 16.2 Å². The predicted octanol–water partition coefficient (Wildman–Crippen LogP) is -0.322. The monoisotopic (exact) mass is 412 g/mol. The van der Waals surface area contributed by atoms with Gasteiger partial charge in [0.15, 0.2) is 5.82 Å². The van der Waals surface area contributed by atoms with E-state index in [1.165, 1.54) is 0 Å². The lowest BCUT2D eigenvalue weighted by Crippen LogP contribution is -2.51. The summed E-state index contributed by atoms with van der Waals surface area (Å²) in [5.41, 5.74) is 10.9. The van der Waals surface area contributed by atoms with Crippen LogP contribution in [0.2, 0.25) is 0 Å². The molecular weight excluding hydrogens is 387 g/mol. The molecule has 0 fully saturated rings. The van der Waals surface area contributed by atoms with Crippen molar-refractivity contribution in [2.45, 2.75) is 45.1 Å². The van der Waals surface area contributed by atoms with Crippen LogP contribution in [0.4, 0.5) is 17.5 Å². The average Bonchev–Trinajstić information content (AvgIpc) is 2.52. The molecule has 0 saturated heterocycles. The van der Waals surface area contributed by atoms with Crippen LogP contribution in [0.5, 0.6) is 0 Å². The number of ether oxygens (including phenoxy) is 1. The molecule has 26 heavy (non-hydrogen) atoms. The van der Waals surface area contributed by atoms with E-state index < -0.39 is 35.8 Å². The molecule has 0 aromatic carbocycles. The summed E-state index contributed by atoms with van der Waals surface area (Å²) in [5, 5.41) is 16.2. The van der Waals surface area contributed by atoms with Gasteiger partial charge < -0.3 is 31.9 Å². The molecule has 1 aromatic heterocycles. The lowest BCUT2D eigenvalue weighted by molar-refractivity contribution is -0.156. The highest BCUT2D eigenvalue weighted by atomic mass is 35.5. The summed E-state index contributed by atoms with van der Waals surface area (Å²) in [4.78, 5) is 30.1. The summed E-state index contributed by atoms with van der Waals surface area (Å²) in [6, 6.07) is -1.31. The second-order valence-corrected chi connectivity index (χ2v) is 6.21. The Bertz CT molecular complexity index is 671. The molecule has 4 unspecified atom stereocenters. The van der Waals surface area contributed by atoms with Gasteiger partial charge in [0, 0.05) is 6.54 Å². The van der Waals surface area contributed by atoms with Crippen molar-refractivity contribution in [2.24, 2.45) is 11.7 Å². The first-order valence-corrected chi connectivity index (χ1v) is 7.75. The number of fused-ring (bicyclic) bond motifs is 1. The first-order chi connectivity index (χ1) is 11.2. The molecule has 150 valence electrons. The molecule has 4 atom stereocenters. The smallest absolute Gasteiger partial charge is 0.323 e. The third-order valence-corrected chi connectivity index (χ3v) is 3.94. The zero-order chi connectivity index (χ0) is 18.0. The number of nitrogens with zero attached hydrogens (tertiary/aromatic N) is 1. The number of anilines is 3. The Hall–Kier alpha value is -1.75. The fraction of sp³-hybridized carbons (Fsp3) is 0.643. The number of hydrogen-bond donors (Lipinski definition) is 6. The second kappa shape index (κ2) is 9.81. The van der Waals surface area contributed by atoms with Crippen molar-refractivity contribution in [1.29, 1.82) is 0 Å². The molecule has 8 N–H and O–H groups in total. The molecule has 0 bridgehead atoms. The van der Waals surface area contributed by atoms with Crippen molar-refractivity contribution in [3.63, 3.8) is 0 Å². The van der Waals surface area contributed by atoms with E-state index in [-0.39, 0.29) is 48.9 Å². The molecule has 0 saturated carbocycles. The van der Waals surface area contributed by atoms with E-state index in [1.54, 1.807) is 6.92 Å². The average molecular weight is 413 g/mol. The molecule has 1 aliphatic rings. The normalized spacial score (nSPS) is 18.8. The van der Waals surface area contributed by atoms with Crippen LogP contribution in [0.25, 0.3) is 0 Å². The van der Waals surface area contributed by atoms with Gasteiger partial charge in [-0.05, 0) is 12.8 Å². The Balaban J connectivity index is 0.00000312. The fourth-order valence-electron chi connectivity index (χ4n) is 2.33. The molecule has 10 nitrogen and oxygen atoms in total. The Labute approximate surface area is 163 Å². The summed E-state index contributed by atoms with van der Waals surface area (Å²) < 4.78 is 5.22. The number of aliphatic hydroxyl groups excluding tert-OH is 1. The van der Waals surface area contributed by atoms with Crippen LogP contribution < -0.4 is 27.7 Å². The van der Waals surface area contributed by atoms with Crippen LogP contribution in [-0.2, 0) is 9.53 Å². The minimum absolute atomic E-state index is 0. The molecule has 1 aromatic rings. The first-order valence-electron chi connectivity index (χ1n) is 7.75. The fourth-order valence-corrected chi connectivity index (χ4v) is 2.33. The second-order valence-electron chi connectivity index (χ2n) is 6.21. The van der Waals surface area contributed by atoms with Crippen molar-refractivity contribution < 1.29 is 14.6 Å². The largest absolute Gasteiger partial charge is 0.459 e. The highest BCUT2D eigenvalue weighted by molar-refractivity contribution is 5.85. The highest BCUT2D eigenvalue weighted by Gasteiger charge is 2.33. The van der Waals surface area contributed by atoms with E-state index in [1.807, 2.05) is 13.8 Å². The third-order valence-electron chi connectivity index (χ3n) is 3.94. The minimum atomic E-state index is -1.05. The summed E-state index contributed by atoms with van der Waals surface area (Å²) in [7, 11) is 0. The van der Waals surface area contributed by atoms with Crippen LogP contribution in [0.3, 0.4) is 0 Å². The number of esters is 1. The molecule has 2 rings (SSSR count). The van der Waals surface area contributed by atoms with Gasteiger partial charge in [0.05, 0.1) is 6.04 Å². The SMILES string of the molecule is CC(C)C(N)C(=O)OC(C)C(O)C1CNc2nc(N)[nH]c(=O)c2N1.Cl.Cl. The van der Waals surface area contributed by atoms with E-state index in [9.17, 15) is 14.7 Å². The lowest BCUT2D eigenvalue weighted by Gasteiger charge is -2.33. The predicted molar refractivity (Wildman–Crippen MR) is 104 cm³/mol. The number of aromatic nitrogens is 2. The van der Waals surface area contributed by atoms with Crippen molar-refractivity contribution in [2.75, 3.05) is 22.9 Å². The van der Waals surface area contributed by atoms with Crippen LogP contribution in [0.15, 0.2) is 4.79 Å². The van der Waals surface area contributed by atoms with E-state index in [0.29, 0.717) is 5.82 Å². The van der Waals surface area contributed by atoms with Crippen LogP contribution in [0, 0.1) is 5.92 Å². The number of nitrogens with two attached hydrogens (primary N) is 2. The van der Waals surface area contributed by atoms with Crippen molar-refractivity contribution in [1.82, 2.24) is 9.97 Å². The van der Waals surface area contributed by atoms with Gasteiger partial charge >= 0.3 is 5.97 Å². The molecular formula is C14H26Cl2N6O4. The zero-order valence-electron chi connectivity index (χ0n) is 14.7. The Kier molecular flexibility index (Phi) is 9.15. The van der Waals surface area contributed by atoms with Gasteiger partial charge in [-0.1, -0.05) is 13.8 Å². The van der Waals surface area contributed by atoms with E-state index >= 15 is 0 Å². The van der Waals surface area contributed by atoms with Crippen molar-refractivity contribution in [3.8, 4) is 0 Å². The van der Waals surface area contributed by atoms with Gasteiger partial charge in [-0.15, -0.1) is 24.8 Å². The maximum absolute atomic E-state index is 11.9. The number of halogens is 2. The number of hydrogen-bond acceptors (Lipinski definition) is 9. The quantitative estimate of drug-likeness (QED) is 0.354. The number of aromatic amines is 1. The van der Waals surface area contributed by atoms with Gasteiger partial charge in [0.1, 0.15) is 23.9 Å². The van der Waals surface area contributed by atoms with E-state index in [2.05, 4.69) is 20.6 Å². The van der Waals surface area contributed by atoms with Gasteiger partial charge in [-0.3, -0.25) is 14.6 Å². The molecule has 2 heterocycles. The molecule has 0 amide bonds. The Morgan fingerprint density at radius 1 is 1.35 bits per heavy atom. The Morgan fingerprint density at radius 3 is 2.54 bits per heavy atom. The summed E-state index contributed by atoms with van der Waals surface area (Å²) >= 11 is 0. The summed E-state index contributed by atoms with van der Waals surface area (Å²) in [5.74, 6) is -0.338. The third kappa shape index (κ3) is 5.37. The van der Waals surface area contributed by atoms with Gasteiger partial charge in [0.2, 0.25) is 5.95 Å². The highest BCUT2D eigenvalue weighted by Crippen LogP contribution is 2.22. The van der Waals surface area contributed by atoms with Gasteiger partial charge in [-0.2, -0.15) is 4.98 Å². The molecule has 0 aliphatic carbocycles.